The average molecular weight is 418 g/mol. The molecule has 7 nitrogen and oxygen atoms in total. The van der Waals surface area contributed by atoms with Gasteiger partial charge in [0.2, 0.25) is 0 Å². The minimum Gasteiger partial charge on any atom is -0.449 e. The van der Waals surface area contributed by atoms with Crippen molar-refractivity contribution >= 4 is 17.6 Å². The number of esters is 1. The first kappa shape index (κ1) is 21.7. The first-order valence-corrected chi connectivity index (χ1v) is 9.76. The Morgan fingerprint density at radius 1 is 0.871 bits per heavy atom. The number of carbonyl (C=O) groups is 2. The molecule has 3 rings (SSSR count). The van der Waals surface area contributed by atoms with Crippen molar-refractivity contribution in [2.45, 2.75) is 26.1 Å². The highest BCUT2D eigenvalue weighted by Gasteiger charge is 2.28. The SMILES string of the molecule is CC(OC(=O)c1ccccc1[N+](=O)[O-])C(=O)N(Cc1ccccc1)Cc1ccccc1. The number of nitro benzene ring substituents is 1. The molecule has 0 saturated heterocycles. The van der Waals surface area contributed by atoms with E-state index in [1.165, 1.54) is 31.2 Å². The summed E-state index contributed by atoms with van der Waals surface area (Å²) in [6.07, 6.45) is -1.11. The molecule has 0 radical (unpaired) electrons. The molecule has 0 fully saturated rings. The van der Waals surface area contributed by atoms with E-state index in [0.717, 1.165) is 11.1 Å². The Bertz CT molecular complexity index is 1010. The largest absolute Gasteiger partial charge is 0.449 e. The molecule has 0 N–H and O–H groups in total. The maximum absolute atomic E-state index is 13.2. The molecule has 0 bridgehead atoms. The number of carbonyl (C=O) groups excluding carboxylic acids is 2. The lowest BCUT2D eigenvalue weighted by Gasteiger charge is -2.26. The van der Waals surface area contributed by atoms with E-state index in [-0.39, 0.29) is 17.2 Å². The van der Waals surface area contributed by atoms with E-state index in [1.54, 1.807) is 4.90 Å². The lowest BCUT2D eigenvalue weighted by molar-refractivity contribution is -0.385. The van der Waals surface area contributed by atoms with Gasteiger partial charge in [-0.15, -0.1) is 0 Å². The van der Waals surface area contributed by atoms with Gasteiger partial charge in [0.1, 0.15) is 5.56 Å². The first-order valence-electron chi connectivity index (χ1n) is 9.76. The number of rotatable bonds is 8. The predicted octanol–water partition coefficient (Wildman–Crippen LogP) is 4.37. The highest BCUT2D eigenvalue weighted by molar-refractivity contribution is 5.95. The Morgan fingerprint density at radius 2 is 1.35 bits per heavy atom. The van der Waals surface area contributed by atoms with Gasteiger partial charge in [-0.05, 0) is 24.1 Å². The van der Waals surface area contributed by atoms with Gasteiger partial charge in [0.15, 0.2) is 6.10 Å². The highest BCUT2D eigenvalue weighted by atomic mass is 16.6. The van der Waals surface area contributed by atoms with E-state index >= 15 is 0 Å². The summed E-state index contributed by atoms with van der Waals surface area (Å²) < 4.78 is 5.31. The Labute approximate surface area is 180 Å². The van der Waals surface area contributed by atoms with Crippen LogP contribution in [-0.2, 0) is 22.6 Å². The second-order valence-corrected chi connectivity index (χ2v) is 6.99. The molecule has 1 amide bonds. The molecule has 3 aromatic carbocycles. The number of benzene rings is 3. The number of ether oxygens (including phenoxy) is 1. The maximum Gasteiger partial charge on any atom is 0.345 e. The number of hydrogen-bond acceptors (Lipinski definition) is 5. The molecule has 0 saturated carbocycles. The van der Waals surface area contributed by atoms with Crippen LogP contribution in [0.1, 0.15) is 28.4 Å². The van der Waals surface area contributed by atoms with Crippen LogP contribution in [0.25, 0.3) is 0 Å². The lowest BCUT2D eigenvalue weighted by Crippen LogP contribution is -2.39. The molecule has 158 valence electrons. The molecule has 3 aromatic rings. The second kappa shape index (κ2) is 10.2. The van der Waals surface area contributed by atoms with Gasteiger partial charge in [-0.3, -0.25) is 14.9 Å². The topological polar surface area (TPSA) is 89.7 Å². The molecular formula is C24H22N2O5. The van der Waals surface area contributed by atoms with Crippen LogP contribution in [0.15, 0.2) is 84.9 Å². The molecule has 0 aliphatic carbocycles. The summed E-state index contributed by atoms with van der Waals surface area (Å²) in [5.41, 5.74) is 1.32. The Hall–Kier alpha value is -4.00. The van der Waals surface area contributed by atoms with Gasteiger partial charge in [0.05, 0.1) is 4.92 Å². The Morgan fingerprint density at radius 3 is 1.87 bits per heavy atom. The van der Waals surface area contributed by atoms with Crippen LogP contribution in [0.3, 0.4) is 0 Å². The third-order valence-electron chi connectivity index (χ3n) is 4.70. The van der Waals surface area contributed by atoms with Gasteiger partial charge in [-0.1, -0.05) is 72.8 Å². The quantitative estimate of drug-likeness (QED) is 0.308. The van der Waals surface area contributed by atoms with Crippen LogP contribution in [0.4, 0.5) is 5.69 Å². The first-order chi connectivity index (χ1) is 15.0. The summed E-state index contributed by atoms with van der Waals surface area (Å²) in [4.78, 5) is 37.8. The molecule has 0 heterocycles. The average Bonchev–Trinajstić information content (AvgIpc) is 2.79. The van der Waals surface area contributed by atoms with E-state index in [9.17, 15) is 19.7 Å². The molecule has 0 aliphatic rings. The van der Waals surface area contributed by atoms with Crippen LogP contribution >= 0.6 is 0 Å². The molecular weight excluding hydrogens is 396 g/mol. The van der Waals surface area contributed by atoms with E-state index in [0.29, 0.717) is 13.1 Å². The zero-order valence-corrected chi connectivity index (χ0v) is 17.0. The summed E-state index contributed by atoms with van der Waals surface area (Å²) in [6, 6.07) is 24.5. The van der Waals surface area contributed by atoms with Crippen molar-refractivity contribution in [3.05, 3.63) is 112 Å². The van der Waals surface area contributed by atoms with Gasteiger partial charge in [-0.2, -0.15) is 0 Å². The maximum atomic E-state index is 13.2. The third kappa shape index (κ3) is 5.76. The van der Waals surface area contributed by atoms with Crippen molar-refractivity contribution in [2.75, 3.05) is 0 Å². The molecule has 0 aromatic heterocycles. The van der Waals surface area contributed by atoms with E-state index in [2.05, 4.69) is 0 Å². The van der Waals surface area contributed by atoms with Gasteiger partial charge in [0, 0.05) is 19.2 Å². The normalized spacial score (nSPS) is 11.4. The predicted molar refractivity (Wildman–Crippen MR) is 115 cm³/mol. The molecule has 7 heteroatoms. The van der Waals surface area contributed by atoms with Crippen molar-refractivity contribution in [1.82, 2.24) is 4.90 Å². The third-order valence-corrected chi connectivity index (χ3v) is 4.70. The van der Waals surface area contributed by atoms with Crippen LogP contribution in [0.2, 0.25) is 0 Å². The zero-order valence-electron chi connectivity index (χ0n) is 17.0. The molecule has 1 atom stereocenters. The highest BCUT2D eigenvalue weighted by Crippen LogP contribution is 2.20. The fourth-order valence-corrected chi connectivity index (χ4v) is 3.16. The summed E-state index contributed by atoms with van der Waals surface area (Å²) in [7, 11) is 0. The van der Waals surface area contributed by atoms with E-state index in [4.69, 9.17) is 4.74 Å². The molecule has 0 aliphatic heterocycles. The minimum atomic E-state index is -1.11. The van der Waals surface area contributed by atoms with Crippen molar-refractivity contribution in [3.8, 4) is 0 Å². The van der Waals surface area contributed by atoms with Crippen molar-refractivity contribution < 1.29 is 19.2 Å². The van der Waals surface area contributed by atoms with Crippen LogP contribution in [0, 0.1) is 10.1 Å². The lowest BCUT2D eigenvalue weighted by atomic mass is 10.1. The van der Waals surface area contributed by atoms with Crippen molar-refractivity contribution in [3.63, 3.8) is 0 Å². The summed E-state index contributed by atoms with van der Waals surface area (Å²) in [5, 5.41) is 11.2. The smallest absolute Gasteiger partial charge is 0.345 e. The van der Waals surface area contributed by atoms with Gasteiger partial charge in [0.25, 0.3) is 11.6 Å². The Balaban J connectivity index is 1.78. The number of para-hydroxylation sites is 1. The van der Waals surface area contributed by atoms with Crippen molar-refractivity contribution in [1.29, 1.82) is 0 Å². The monoisotopic (exact) mass is 418 g/mol. The molecule has 0 spiro atoms. The number of hydrogen-bond donors (Lipinski definition) is 0. The van der Waals surface area contributed by atoms with E-state index < -0.39 is 17.0 Å². The summed E-state index contributed by atoms with van der Waals surface area (Å²) in [6.45, 7) is 2.14. The summed E-state index contributed by atoms with van der Waals surface area (Å²) in [5.74, 6) is -1.30. The molecule has 1 unspecified atom stereocenters. The van der Waals surface area contributed by atoms with Gasteiger partial charge in [-0.25, -0.2) is 4.79 Å². The summed E-state index contributed by atoms with van der Waals surface area (Å²) >= 11 is 0. The zero-order chi connectivity index (χ0) is 22.2. The number of amides is 1. The standard InChI is InChI=1S/C24H22N2O5/c1-18(31-24(28)21-14-8-9-15-22(21)26(29)30)23(27)25(16-19-10-4-2-5-11-19)17-20-12-6-3-7-13-20/h2-15,18H,16-17H2,1H3. The van der Waals surface area contributed by atoms with Crippen LogP contribution in [-0.4, -0.2) is 27.8 Å². The number of nitrogens with zero attached hydrogens (tertiary/aromatic N) is 2. The number of nitro groups is 1. The van der Waals surface area contributed by atoms with Gasteiger partial charge >= 0.3 is 5.97 Å². The van der Waals surface area contributed by atoms with Gasteiger partial charge < -0.3 is 9.64 Å². The minimum absolute atomic E-state index is 0.190. The van der Waals surface area contributed by atoms with Crippen LogP contribution < -0.4 is 0 Å². The fourth-order valence-electron chi connectivity index (χ4n) is 3.16. The second-order valence-electron chi connectivity index (χ2n) is 6.99. The fraction of sp³-hybridized carbons (Fsp3) is 0.167. The van der Waals surface area contributed by atoms with Crippen LogP contribution in [0.5, 0.6) is 0 Å². The molecule has 31 heavy (non-hydrogen) atoms. The van der Waals surface area contributed by atoms with Crippen molar-refractivity contribution in [2.24, 2.45) is 0 Å². The Kier molecular flexibility index (Phi) is 7.11. The van der Waals surface area contributed by atoms with E-state index in [1.807, 2.05) is 60.7 Å².